The number of halogens is 9. The van der Waals surface area contributed by atoms with Crippen LogP contribution >= 0.6 is 0 Å². The first-order valence-electron chi connectivity index (χ1n) is 6.61. The van der Waals surface area contributed by atoms with Crippen molar-refractivity contribution in [2.45, 2.75) is 37.2 Å². The van der Waals surface area contributed by atoms with E-state index in [0.717, 1.165) is 14.2 Å². The summed E-state index contributed by atoms with van der Waals surface area (Å²) in [5.41, 5.74) is -3.96. The maximum Gasteiger partial charge on any atom is 0.416 e. The summed E-state index contributed by atoms with van der Waals surface area (Å²) in [4.78, 5) is 0. The van der Waals surface area contributed by atoms with Crippen molar-refractivity contribution >= 4 is 0 Å². The van der Waals surface area contributed by atoms with Gasteiger partial charge in [0.2, 0.25) is 0 Å². The molecule has 0 N–H and O–H groups in total. The highest BCUT2D eigenvalue weighted by atomic mass is 19.4. The van der Waals surface area contributed by atoms with Crippen molar-refractivity contribution < 1.29 is 49.0 Å². The maximum absolute atomic E-state index is 12.8. The maximum atomic E-state index is 12.8. The lowest BCUT2D eigenvalue weighted by Gasteiger charge is -2.25. The van der Waals surface area contributed by atoms with Gasteiger partial charge >= 0.3 is 18.5 Å². The molecule has 1 rings (SSSR count). The molecule has 0 aliphatic heterocycles. The minimum Gasteiger partial charge on any atom is -0.377 e. The van der Waals surface area contributed by atoms with Gasteiger partial charge in [0.05, 0.1) is 17.2 Å². The van der Waals surface area contributed by atoms with Crippen molar-refractivity contribution in [3.05, 3.63) is 34.9 Å². The Hall–Kier alpha value is -1.49. The van der Waals surface area contributed by atoms with Crippen LogP contribution in [0.25, 0.3) is 0 Å². The van der Waals surface area contributed by atoms with Gasteiger partial charge in [-0.05, 0) is 23.8 Å². The molecule has 1 aromatic rings. The van der Waals surface area contributed by atoms with Gasteiger partial charge in [0.1, 0.15) is 0 Å². The average molecular weight is 384 g/mol. The highest BCUT2D eigenvalue weighted by Crippen LogP contribution is 2.39. The molecule has 0 spiro atoms. The number of alkyl halides is 9. The molecule has 2 atom stereocenters. The molecule has 144 valence electrons. The zero-order chi connectivity index (χ0) is 19.6. The number of hydrogen-bond acceptors (Lipinski definition) is 2. The number of methoxy groups -OCH3 is 2. The monoisotopic (exact) mass is 384 g/mol. The Morgan fingerprint density at radius 1 is 0.760 bits per heavy atom. The molecular formula is C14H13F9O2. The quantitative estimate of drug-likeness (QED) is 0.635. The zero-order valence-electron chi connectivity index (χ0n) is 12.8. The summed E-state index contributed by atoms with van der Waals surface area (Å²) in [7, 11) is 1.60. The molecule has 0 aliphatic carbocycles. The van der Waals surface area contributed by atoms with E-state index in [2.05, 4.69) is 9.47 Å². The van der Waals surface area contributed by atoms with Crippen LogP contribution in [-0.4, -0.2) is 26.5 Å². The molecule has 0 aromatic heterocycles. The molecule has 0 saturated carbocycles. The van der Waals surface area contributed by atoms with Crippen molar-refractivity contribution in [1.29, 1.82) is 0 Å². The van der Waals surface area contributed by atoms with Gasteiger partial charge in [-0.1, -0.05) is 0 Å². The van der Waals surface area contributed by atoms with Crippen molar-refractivity contribution in [2.24, 2.45) is 0 Å². The van der Waals surface area contributed by atoms with Crippen LogP contribution in [0.2, 0.25) is 0 Å². The summed E-state index contributed by atoms with van der Waals surface area (Å²) in [6.45, 7) is 0. The average Bonchev–Trinajstić information content (AvgIpc) is 2.44. The predicted octanol–water partition coefficient (Wildman–Crippen LogP) is 5.38. The van der Waals surface area contributed by atoms with Crippen LogP contribution in [0.3, 0.4) is 0 Å². The van der Waals surface area contributed by atoms with E-state index in [1.807, 2.05) is 0 Å². The van der Waals surface area contributed by atoms with Crippen LogP contribution in [0.15, 0.2) is 18.2 Å². The molecule has 2 nitrogen and oxygen atoms in total. The lowest BCUT2D eigenvalue weighted by molar-refractivity contribution is -0.221. The minimum atomic E-state index is -5.11. The van der Waals surface area contributed by atoms with E-state index in [9.17, 15) is 39.5 Å². The predicted molar refractivity (Wildman–Crippen MR) is 67.7 cm³/mol. The first kappa shape index (κ1) is 21.6. The number of hydrogen-bond donors (Lipinski definition) is 0. The van der Waals surface area contributed by atoms with Gasteiger partial charge in [-0.15, -0.1) is 0 Å². The second-order valence-corrected chi connectivity index (χ2v) is 5.07. The van der Waals surface area contributed by atoms with Gasteiger partial charge in [-0.25, -0.2) is 0 Å². The van der Waals surface area contributed by atoms with E-state index in [1.165, 1.54) is 0 Å². The fourth-order valence-corrected chi connectivity index (χ4v) is 2.09. The van der Waals surface area contributed by atoms with Crippen LogP contribution in [0.4, 0.5) is 39.5 Å². The Bertz CT molecular complexity index is 543. The van der Waals surface area contributed by atoms with Gasteiger partial charge in [0.15, 0.2) is 6.10 Å². The smallest absolute Gasteiger partial charge is 0.377 e. The molecule has 0 saturated heterocycles. The zero-order valence-corrected chi connectivity index (χ0v) is 12.8. The van der Waals surface area contributed by atoms with Gasteiger partial charge in [0, 0.05) is 20.6 Å². The molecule has 11 heteroatoms. The Kier molecular flexibility index (Phi) is 6.38. The van der Waals surface area contributed by atoms with Crippen molar-refractivity contribution in [3.63, 3.8) is 0 Å². The van der Waals surface area contributed by atoms with Crippen LogP contribution < -0.4 is 0 Å². The molecule has 25 heavy (non-hydrogen) atoms. The Labute approximate surface area is 136 Å². The van der Waals surface area contributed by atoms with E-state index < -0.39 is 53.8 Å². The van der Waals surface area contributed by atoms with Gasteiger partial charge in [-0.3, -0.25) is 0 Å². The standard InChI is InChI=1S/C14H13F9O2/c1-24-10(6-11(25-2)14(21,22)23)7-3-8(12(15,16)17)5-9(4-7)13(18,19)20/h3-5,10-11H,6H2,1-2H3. The molecule has 0 bridgehead atoms. The third-order valence-corrected chi connectivity index (χ3v) is 3.34. The summed E-state index contributed by atoms with van der Waals surface area (Å²) < 4.78 is 124. The Morgan fingerprint density at radius 2 is 1.20 bits per heavy atom. The summed E-state index contributed by atoms with van der Waals surface area (Å²) in [5, 5.41) is 0. The first-order valence-corrected chi connectivity index (χ1v) is 6.61. The van der Waals surface area contributed by atoms with Crippen molar-refractivity contribution in [1.82, 2.24) is 0 Å². The summed E-state index contributed by atoms with van der Waals surface area (Å²) in [5.74, 6) is 0. The molecule has 2 unspecified atom stereocenters. The van der Waals surface area contributed by atoms with Crippen LogP contribution in [0.5, 0.6) is 0 Å². The molecular weight excluding hydrogens is 371 g/mol. The molecule has 0 radical (unpaired) electrons. The highest BCUT2D eigenvalue weighted by Gasteiger charge is 2.43. The molecule has 0 aliphatic rings. The van der Waals surface area contributed by atoms with E-state index in [1.54, 1.807) is 0 Å². The van der Waals surface area contributed by atoms with Crippen molar-refractivity contribution in [3.8, 4) is 0 Å². The lowest BCUT2D eigenvalue weighted by atomic mass is 9.97. The number of ether oxygens (including phenoxy) is 2. The fraction of sp³-hybridized carbons (Fsp3) is 0.571. The normalized spacial score (nSPS) is 16.0. The summed E-state index contributed by atoms with van der Waals surface area (Å²) in [6, 6.07) is 0.535. The third-order valence-electron chi connectivity index (χ3n) is 3.34. The minimum absolute atomic E-state index is 0.117. The van der Waals surface area contributed by atoms with Crippen molar-refractivity contribution in [2.75, 3.05) is 14.2 Å². The number of benzene rings is 1. The van der Waals surface area contributed by atoms with Gasteiger partial charge in [-0.2, -0.15) is 39.5 Å². The van der Waals surface area contributed by atoms with E-state index in [-0.39, 0.29) is 6.07 Å². The second-order valence-electron chi connectivity index (χ2n) is 5.07. The first-order chi connectivity index (χ1) is 11.2. The molecule has 0 fully saturated rings. The van der Waals surface area contributed by atoms with Gasteiger partial charge < -0.3 is 9.47 Å². The molecule has 0 amide bonds. The largest absolute Gasteiger partial charge is 0.416 e. The topological polar surface area (TPSA) is 18.5 Å². The van der Waals surface area contributed by atoms with Gasteiger partial charge in [0.25, 0.3) is 0 Å². The highest BCUT2D eigenvalue weighted by molar-refractivity contribution is 5.35. The van der Waals surface area contributed by atoms with E-state index in [4.69, 9.17) is 0 Å². The second kappa shape index (κ2) is 7.40. The molecule has 0 heterocycles. The Morgan fingerprint density at radius 3 is 1.48 bits per heavy atom. The SMILES string of the molecule is COC(CC(OC)C(F)(F)F)c1cc(C(F)(F)F)cc(C(F)(F)F)c1. The number of rotatable bonds is 5. The Balaban J connectivity index is 3.36. The summed E-state index contributed by atoms with van der Waals surface area (Å²) in [6.07, 6.45) is -20.2. The lowest BCUT2D eigenvalue weighted by Crippen LogP contribution is -2.32. The van der Waals surface area contributed by atoms with Crippen LogP contribution in [0.1, 0.15) is 29.2 Å². The fourth-order valence-electron chi connectivity index (χ4n) is 2.09. The summed E-state index contributed by atoms with van der Waals surface area (Å²) >= 11 is 0. The third kappa shape index (κ3) is 5.77. The van der Waals surface area contributed by atoms with E-state index >= 15 is 0 Å². The molecule has 1 aromatic carbocycles. The van der Waals surface area contributed by atoms with E-state index in [0.29, 0.717) is 12.1 Å². The van der Waals surface area contributed by atoms with Crippen LogP contribution in [-0.2, 0) is 21.8 Å². The van der Waals surface area contributed by atoms with Crippen LogP contribution in [0, 0.1) is 0 Å².